The summed E-state index contributed by atoms with van der Waals surface area (Å²) in [6, 6.07) is 12.6. The van der Waals surface area contributed by atoms with Crippen molar-refractivity contribution >= 4 is 35.0 Å². The molecule has 3 aromatic rings. The molecule has 0 atom stereocenters. The molecule has 1 aliphatic rings. The minimum atomic E-state index is -0.435. The molecule has 2 aromatic carbocycles. The van der Waals surface area contributed by atoms with E-state index >= 15 is 0 Å². The highest BCUT2D eigenvalue weighted by Gasteiger charge is 2.30. The van der Waals surface area contributed by atoms with E-state index in [1.807, 2.05) is 19.1 Å². The minimum absolute atomic E-state index is 0.00550. The molecule has 36 heavy (non-hydrogen) atoms. The first-order chi connectivity index (χ1) is 17.5. The van der Waals surface area contributed by atoms with E-state index in [1.165, 1.54) is 6.33 Å². The number of esters is 1. The van der Waals surface area contributed by atoms with Crippen LogP contribution in [-0.4, -0.2) is 54.2 Å². The summed E-state index contributed by atoms with van der Waals surface area (Å²) in [5.41, 5.74) is 3.47. The summed E-state index contributed by atoms with van der Waals surface area (Å²) in [4.78, 5) is 35.2. The number of alkyl halides is 1. The van der Waals surface area contributed by atoms with Crippen LogP contribution in [0.15, 0.2) is 48.8 Å². The zero-order valence-electron chi connectivity index (χ0n) is 20.1. The Kier molecular flexibility index (Phi) is 8.22. The van der Waals surface area contributed by atoms with Gasteiger partial charge in [-0.1, -0.05) is 29.8 Å². The number of anilines is 2. The predicted molar refractivity (Wildman–Crippen MR) is 137 cm³/mol. The lowest BCUT2D eigenvalue weighted by molar-refractivity contribution is -0.117. The second-order valence-electron chi connectivity index (χ2n) is 7.82. The van der Waals surface area contributed by atoms with Crippen molar-refractivity contribution in [3.05, 3.63) is 59.9 Å². The van der Waals surface area contributed by atoms with Crippen molar-refractivity contribution in [1.29, 1.82) is 0 Å². The highest BCUT2D eigenvalue weighted by molar-refractivity contribution is 6.17. The molecule has 0 radical (unpaired) electrons. The van der Waals surface area contributed by atoms with Gasteiger partial charge in [0.05, 0.1) is 31.0 Å². The Balaban J connectivity index is 1.47. The van der Waals surface area contributed by atoms with Gasteiger partial charge in [0, 0.05) is 24.7 Å². The van der Waals surface area contributed by atoms with Gasteiger partial charge in [-0.2, -0.15) is 0 Å². The standard InChI is InChI=1S/C26H27ClN4O5/c1-3-34-22-12-17(8-9-19(22)26(33)35-4-2)20-14-23(30-16-29-20)28-10-11-31-24(32)13-18-6-5-7-21(25(18)31)36-15-27/h5-9,12,14,16H,3-4,10-11,13,15H2,1-2H3,(H,28,29,30). The number of carbonyl (C=O) groups excluding carboxylic acids is 2. The number of ether oxygens (including phenoxy) is 3. The second-order valence-corrected chi connectivity index (χ2v) is 8.04. The summed E-state index contributed by atoms with van der Waals surface area (Å²) in [5.74, 6) is 1.20. The number of nitrogens with one attached hydrogen (secondary N) is 1. The SMILES string of the molecule is CCOC(=O)c1ccc(-c2cc(NCCN3C(=O)Cc4cccc(OCCl)c43)ncn2)cc1OCC. The number of benzene rings is 2. The fourth-order valence-corrected chi connectivity index (χ4v) is 4.17. The molecule has 0 unspecified atom stereocenters. The van der Waals surface area contributed by atoms with Crippen molar-refractivity contribution in [2.75, 3.05) is 42.6 Å². The van der Waals surface area contributed by atoms with Crippen LogP contribution in [0.25, 0.3) is 11.3 Å². The smallest absolute Gasteiger partial charge is 0.341 e. The van der Waals surface area contributed by atoms with Crippen molar-refractivity contribution in [2.45, 2.75) is 20.3 Å². The Hall–Kier alpha value is -3.85. The molecule has 0 spiro atoms. The van der Waals surface area contributed by atoms with Crippen LogP contribution in [0.2, 0.25) is 0 Å². The maximum absolute atomic E-state index is 12.6. The van der Waals surface area contributed by atoms with Crippen molar-refractivity contribution in [3.8, 4) is 22.8 Å². The molecule has 4 rings (SSSR count). The summed E-state index contributed by atoms with van der Waals surface area (Å²) >= 11 is 5.75. The molecule has 0 saturated carbocycles. The summed E-state index contributed by atoms with van der Waals surface area (Å²) in [7, 11) is 0. The third-order valence-electron chi connectivity index (χ3n) is 5.59. The van der Waals surface area contributed by atoms with Gasteiger partial charge in [0.1, 0.15) is 29.2 Å². The zero-order chi connectivity index (χ0) is 25.5. The summed E-state index contributed by atoms with van der Waals surface area (Å²) in [6.45, 7) is 5.18. The number of fused-ring (bicyclic) bond motifs is 1. The Morgan fingerprint density at radius 2 is 1.94 bits per heavy atom. The molecule has 1 N–H and O–H groups in total. The van der Waals surface area contributed by atoms with E-state index in [0.717, 1.165) is 16.8 Å². The van der Waals surface area contributed by atoms with Crippen LogP contribution < -0.4 is 19.7 Å². The van der Waals surface area contributed by atoms with Gasteiger partial charge in [-0.15, -0.1) is 0 Å². The number of nitrogens with zero attached hydrogens (tertiary/aromatic N) is 3. The molecule has 0 aliphatic carbocycles. The van der Waals surface area contributed by atoms with Crippen molar-refractivity contribution < 1.29 is 23.8 Å². The van der Waals surface area contributed by atoms with E-state index in [-0.39, 0.29) is 18.6 Å². The molecular formula is C26H27ClN4O5. The highest BCUT2D eigenvalue weighted by atomic mass is 35.5. The van der Waals surface area contributed by atoms with Gasteiger partial charge < -0.3 is 24.4 Å². The molecule has 1 amide bonds. The van der Waals surface area contributed by atoms with E-state index in [0.29, 0.717) is 54.7 Å². The monoisotopic (exact) mass is 510 g/mol. The number of para-hydroxylation sites is 1. The normalized spacial score (nSPS) is 12.3. The van der Waals surface area contributed by atoms with Gasteiger partial charge in [0.15, 0.2) is 6.07 Å². The number of rotatable bonds is 11. The fourth-order valence-electron chi connectivity index (χ4n) is 4.05. The fraction of sp³-hybridized carbons (Fsp3) is 0.308. The topological polar surface area (TPSA) is 103 Å². The maximum Gasteiger partial charge on any atom is 0.341 e. The lowest BCUT2D eigenvalue weighted by Crippen LogP contribution is -2.32. The van der Waals surface area contributed by atoms with Gasteiger partial charge in [0.2, 0.25) is 5.91 Å². The van der Waals surface area contributed by atoms with Crippen LogP contribution in [-0.2, 0) is 16.0 Å². The summed E-state index contributed by atoms with van der Waals surface area (Å²) in [5, 5.41) is 3.25. The maximum atomic E-state index is 12.6. The molecule has 10 heteroatoms. The predicted octanol–water partition coefficient (Wildman–Crippen LogP) is 4.30. The zero-order valence-corrected chi connectivity index (χ0v) is 20.9. The summed E-state index contributed by atoms with van der Waals surface area (Å²) < 4.78 is 16.3. The molecule has 0 fully saturated rings. The van der Waals surface area contributed by atoms with Crippen LogP contribution in [0.3, 0.4) is 0 Å². The minimum Gasteiger partial charge on any atom is -0.493 e. The third kappa shape index (κ3) is 5.52. The number of halogens is 1. The van der Waals surface area contributed by atoms with Gasteiger partial charge in [-0.3, -0.25) is 4.79 Å². The largest absolute Gasteiger partial charge is 0.493 e. The molecule has 1 aliphatic heterocycles. The van der Waals surface area contributed by atoms with Gasteiger partial charge in [0.25, 0.3) is 0 Å². The Bertz CT molecular complexity index is 1250. The number of aromatic nitrogens is 2. The van der Waals surface area contributed by atoms with Gasteiger partial charge >= 0.3 is 5.97 Å². The lowest BCUT2D eigenvalue weighted by atomic mass is 10.1. The molecule has 0 bridgehead atoms. The van der Waals surface area contributed by atoms with Crippen LogP contribution in [0.1, 0.15) is 29.8 Å². The number of amides is 1. The van der Waals surface area contributed by atoms with E-state index < -0.39 is 5.97 Å². The van der Waals surface area contributed by atoms with Crippen LogP contribution >= 0.6 is 11.6 Å². The molecule has 0 saturated heterocycles. The highest BCUT2D eigenvalue weighted by Crippen LogP contribution is 2.37. The van der Waals surface area contributed by atoms with Crippen molar-refractivity contribution in [3.63, 3.8) is 0 Å². The van der Waals surface area contributed by atoms with Crippen molar-refractivity contribution in [1.82, 2.24) is 9.97 Å². The molecule has 1 aromatic heterocycles. The first-order valence-electron chi connectivity index (χ1n) is 11.7. The van der Waals surface area contributed by atoms with Crippen LogP contribution in [0.4, 0.5) is 11.5 Å². The average molecular weight is 511 g/mol. The van der Waals surface area contributed by atoms with E-state index in [2.05, 4.69) is 15.3 Å². The molecule has 188 valence electrons. The molecule has 2 heterocycles. The molecule has 9 nitrogen and oxygen atoms in total. The van der Waals surface area contributed by atoms with E-state index in [4.69, 9.17) is 25.8 Å². The first kappa shape index (κ1) is 25.2. The summed E-state index contributed by atoms with van der Waals surface area (Å²) in [6.07, 6.45) is 1.79. The number of carbonyl (C=O) groups is 2. The quantitative estimate of drug-likeness (QED) is 0.301. The van der Waals surface area contributed by atoms with E-state index in [9.17, 15) is 9.59 Å². The average Bonchev–Trinajstić information content (AvgIpc) is 3.20. The lowest BCUT2D eigenvalue weighted by Gasteiger charge is -2.20. The molecular weight excluding hydrogens is 484 g/mol. The number of hydrogen-bond acceptors (Lipinski definition) is 8. The van der Waals surface area contributed by atoms with Gasteiger partial charge in [-0.25, -0.2) is 14.8 Å². The number of hydrogen-bond donors (Lipinski definition) is 1. The van der Waals surface area contributed by atoms with Crippen LogP contribution in [0.5, 0.6) is 11.5 Å². The van der Waals surface area contributed by atoms with Crippen LogP contribution in [0, 0.1) is 0 Å². The Labute approximate surface area is 214 Å². The Morgan fingerprint density at radius 1 is 1.08 bits per heavy atom. The third-order valence-corrected chi connectivity index (χ3v) is 5.70. The second kappa shape index (κ2) is 11.7. The first-order valence-corrected chi connectivity index (χ1v) is 12.2. The Morgan fingerprint density at radius 3 is 2.72 bits per heavy atom. The van der Waals surface area contributed by atoms with E-state index in [1.54, 1.807) is 42.2 Å². The van der Waals surface area contributed by atoms with Gasteiger partial charge in [-0.05, 0) is 37.6 Å². The van der Waals surface area contributed by atoms with Crippen molar-refractivity contribution in [2.24, 2.45) is 0 Å².